The minimum Gasteiger partial charge on any atom is -0.326 e. The fraction of sp³-hybridized carbons (Fsp3) is 0.889. The molecule has 12 heavy (non-hydrogen) atoms. The van der Waals surface area contributed by atoms with Crippen molar-refractivity contribution in [2.75, 3.05) is 0 Å². The number of piperidine rings is 1. The van der Waals surface area contributed by atoms with E-state index < -0.39 is 0 Å². The van der Waals surface area contributed by atoms with E-state index in [1.165, 1.54) is 5.06 Å². The van der Waals surface area contributed by atoms with Crippen LogP contribution in [0.5, 0.6) is 0 Å². The highest BCUT2D eigenvalue weighted by atomic mass is 16.5. The zero-order valence-electron chi connectivity index (χ0n) is 8.33. The Morgan fingerprint density at radius 3 is 2.33 bits per heavy atom. The standard InChI is InChI=1S/C9H19N2O/c1-8(2)6-5-7(10)9(3,4)11(8)12/h5,7,12H,6,10H2,1-4H3. The van der Waals surface area contributed by atoms with Gasteiger partial charge < -0.3 is 10.9 Å². The number of hydrogen-bond donors (Lipinski definition) is 2. The molecule has 0 aromatic heterocycles. The Labute approximate surface area is 74.5 Å². The smallest absolute Gasteiger partial charge is 0.0563 e. The first kappa shape index (κ1) is 9.96. The molecule has 1 rings (SSSR count). The third kappa shape index (κ3) is 1.37. The second kappa shape index (κ2) is 2.69. The van der Waals surface area contributed by atoms with Crippen LogP contribution in [0, 0.1) is 6.42 Å². The van der Waals surface area contributed by atoms with Crippen LogP contribution in [-0.4, -0.2) is 27.4 Å². The molecule has 3 heteroatoms. The first-order valence-electron chi connectivity index (χ1n) is 4.36. The van der Waals surface area contributed by atoms with Gasteiger partial charge in [0.05, 0.1) is 5.54 Å². The molecular weight excluding hydrogens is 152 g/mol. The lowest BCUT2D eigenvalue weighted by Crippen LogP contribution is -2.65. The van der Waals surface area contributed by atoms with Gasteiger partial charge in [-0.3, -0.25) is 0 Å². The molecule has 1 aliphatic rings. The monoisotopic (exact) mass is 171 g/mol. The van der Waals surface area contributed by atoms with Gasteiger partial charge in [0.15, 0.2) is 0 Å². The normalized spacial score (nSPS) is 35.0. The molecule has 0 aromatic carbocycles. The van der Waals surface area contributed by atoms with Crippen molar-refractivity contribution in [1.82, 2.24) is 5.06 Å². The summed E-state index contributed by atoms with van der Waals surface area (Å²) in [6.07, 6.45) is 2.90. The average molecular weight is 171 g/mol. The molecule has 0 spiro atoms. The first-order chi connectivity index (χ1) is 5.28. The van der Waals surface area contributed by atoms with Crippen LogP contribution in [-0.2, 0) is 0 Å². The van der Waals surface area contributed by atoms with E-state index in [2.05, 4.69) is 6.42 Å². The predicted octanol–water partition coefficient (Wildman–Crippen LogP) is 1.17. The van der Waals surface area contributed by atoms with E-state index in [4.69, 9.17) is 5.73 Å². The van der Waals surface area contributed by atoms with Crippen LogP contribution in [0.4, 0.5) is 0 Å². The number of rotatable bonds is 0. The highest BCUT2D eigenvalue weighted by Gasteiger charge is 2.45. The predicted molar refractivity (Wildman–Crippen MR) is 48.7 cm³/mol. The van der Waals surface area contributed by atoms with Crippen LogP contribution < -0.4 is 5.73 Å². The minimum atomic E-state index is -0.359. The van der Waals surface area contributed by atoms with Crippen molar-refractivity contribution in [1.29, 1.82) is 0 Å². The molecular formula is C9H19N2O. The second-order valence-electron chi connectivity index (χ2n) is 4.74. The molecule has 0 aromatic rings. The van der Waals surface area contributed by atoms with E-state index >= 15 is 0 Å². The quantitative estimate of drug-likeness (QED) is 0.575. The van der Waals surface area contributed by atoms with Gasteiger partial charge in [-0.25, -0.2) is 0 Å². The molecule has 1 unspecified atom stereocenters. The summed E-state index contributed by atoms with van der Waals surface area (Å²) in [5.74, 6) is 0. The largest absolute Gasteiger partial charge is 0.326 e. The van der Waals surface area contributed by atoms with Crippen molar-refractivity contribution in [3.8, 4) is 0 Å². The molecule has 0 bridgehead atoms. The van der Waals surface area contributed by atoms with E-state index in [1.807, 2.05) is 27.7 Å². The van der Waals surface area contributed by atoms with Crippen LogP contribution in [0.25, 0.3) is 0 Å². The summed E-state index contributed by atoms with van der Waals surface area (Å²) in [6.45, 7) is 7.93. The Hall–Kier alpha value is -0.120. The van der Waals surface area contributed by atoms with Crippen molar-refractivity contribution in [3.63, 3.8) is 0 Å². The molecule has 1 saturated heterocycles. The topological polar surface area (TPSA) is 49.5 Å². The summed E-state index contributed by atoms with van der Waals surface area (Å²) in [6, 6.07) is -0.0597. The van der Waals surface area contributed by atoms with E-state index in [0.717, 1.165) is 6.42 Å². The van der Waals surface area contributed by atoms with Gasteiger partial charge in [0, 0.05) is 11.6 Å². The lowest BCUT2D eigenvalue weighted by molar-refractivity contribution is -0.238. The van der Waals surface area contributed by atoms with Gasteiger partial charge in [-0.1, -0.05) is 0 Å². The summed E-state index contributed by atoms with van der Waals surface area (Å²) < 4.78 is 0. The van der Waals surface area contributed by atoms with Crippen LogP contribution in [0.15, 0.2) is 0 Å². The lowest BCUT2D eigenvalue weighted by Gasteiger charge is -2.51. The van der Waals surface area contributed by atoms with E-state index in [1.54, 1.807) is 0 Å². The molecule has 3 N–H and O–H groups in total. The maximum Gasteiger partial charge on any atom is 0.0563 e. The molecule has 3 nitrogen and oxygen atoms in total. The van der Waals surface area contributed by atoms with Crippen molar-refractivity contribution >= 4 is 0 Å². The van der Waals surface area contributed by atoms with Crippen molar-refractivity contribution in [2.45, 2.75) is 51.2 Å². The van der Waals surface area contributed by atoms with Crippen LogP contribution in [0.1, 0.15) is 34.1 Å². The van der Waals surface area contributed by atoms with Crippen molar-refractivity contribution < 1.29 is 5.21 Å². The van der Waals surface area contributed by atoms with Gasteiger partial charge >= 0.3 is 0 Å². The Morgan fingerprint density at radius 2 is 1.92 bits per heavy atom. The number of nitrogens with zero attached hydrogens (tertiary/aromatic N) is 1. The highest BCUT2D eigenvalue weighted by molar-refractivity contribution is 5.07. The zero-order valence-corrected chi connectivity index (χ0v) is 8.33. The second-order valence-corrected chi connectivity index (χ2v) is 4.74. The molecule has 1 radical (unpaired) electrons. The number of hydroxylamine groups is 2. The first-order valence-corrected chi connectivity index (χ1v) is 4.36. The summed E-state index contributed by atoms with van der Waals surface area (Å²) in [7, 11) is 0. The zero-order chi connectivity index (χ0) is 9.57. The Kier molecular flexibility index (Phi) is 2.23. The van der Waals surface area contributed by atoms with Crippen molar-refractivity contribution in [3.05, 3.63) is 6.42 Å². The third-order valence-corrected chi connectivity index (χ3v) is 2.81. The van der Waals surface area contributed by atoms with Crippen molar-refractivity contribution in [2.24, 2.45) is 5.73 Å². The van der Waals surface area contributed by atoms with Gasteiger partial charge in [-0.15, -0.1) is 0 Å². The summed E-state index contributed by atoms with van der Waals surface area (Å²) in [4.78, 5) is 0. The maximum absolute atomic E-state index is 9.87. The number of hydrogen-bond acceptors (Lipinski definition) is 3. The maximum atomic E-state index is 9.87. The summed E-state index contributed by atoms with van der Waals surface area (Å²) in [5.41, 5.74) is 5.31. The molecule has 1 heterocycles. The van der Waals surface area contributed by atoms with Gasteiger partial charge in [-0.05, 0) is 40.5 Å². The van der Waals surface area contributed by atoms with Crippen LogP contribution in [0.2, 0.25) is 0 Å². The highest BCUT2D eigenvalue weighted by Crippen LogP contribution is 2.34. The van der Waals surface area contributed by atoms with Gasteiger partial charge in [0.1, 0.15) is 0 Å². The molecule has 0 saturated carbocycles. The van der Waals surface area contributed by atoms with E-state index in [0.29, 0.717) is 0 Å². The molecule has 71 valence electrons. The average Bonchev–Trinajstić information content (AvgIpc) is 1.96. The summed E-state index contributed by atoms with van der Waals surface area (Å²) >= 11 is 0. The van der Waals surface area contributed by atoms with Crippen LogP contribution >= 0.6 is 0 Å². The Bertz CT molecular complexity index is 177. The molecule has 1 aliphatic heterocycles. The Balaban J connectivity index is 2.86. The van der Waals surface area contributed by atoms with Crippen LogP contribution in [0.3, 0.4) is 0 Å². The molecule has 1 atom stereocenters. The summed E-state index contributed by atoms with van der Waals surface area (Å²) in [5, 5.41) is 11.2. The fourth-order valence-corrected chi connectivity index (χ4v) is 1.71. The van der Waals surface area contributed by atoms with Gasteiger partial charge in [0.25, 0.3) is 0 Å². The molecule has 0 amide bonds. The van der Waals surface area contributed by atoms with Gasteiger partial charge in [-0.2, -0.15) is 5.06 Å². The van der Waals surface area contributed by atoms with E-state index in [9.17, 15) is 5.21 Å². The number of nitrogens with two attached hydrogens (primary N) is 1. The molecule has 0 aliphatic carbocycles. The SMILES string of the molecule is CC1(C)C[CH]C(N)C(C)(C)N1O. The Morgan fingerprint density at radius 1 is 1.42 bits per heavy atom. The lowest BCUT2D eigenvalue weighted by atomic mass is 9.79. The van der Waals surface area contributed by atoms with E-state index in [-0.39, 0.29) is 17.1 Å². The molecule has 1 fully saturated rings. The minimum absolute atomic E-state index is 0.0597. The fourth-order valence-electron chi connectivity index (χ4n) is 1.71. The third-order valence-electron chi connectivity index (χ3n) is 2.81. The van der Waals surface area contributed by atoms with Gasteiger partial charge in [0.2, 0.25) is 0 Å².